The van der Waals surface area contributed by atoms with E-state index in [0.29, 0.717) is 0 Å². The highest BCUT2D eigenvalue weighted by molar-refractivity contribution is 5.44. The zero-order chi connectivity index (χ0) is 12.9. The fourth-order valence-corrected chi connectivity index (χ4v) is 2.74. The van der Waals surface area contributed by atoms with Gasteiger partial charge in [-0.2, -0.15) is 0 Å². The molecule has 16 heavy (non-hydrogen) atoms. The van der Waals surface area contributed by atoms with Crippen LogP contribution in [0.4, 0.5) is 0 Å². The molecule has 0 saturated heterocycles. The lowest BCUT2D eigenvalue weighted by Crippen LogP contribution is -2.23. The summed E-state index contributed by atoms with van der Waals surface area (Å²) in [7, 11) is 2.19. The SMILES string of the molecule is Cc1c(C(C)(C)C)c(C(C)(C)C)n(C)c1C. The van der Waals surface area contributed by atoms with Crippen molar-refractivity contribution in [3.8, 4) is 0 Å². The van der Waals surface area contributed by atoms with Crippen molar-refractivity contribution in [2.24, 2.45) is 7.05 Å². The Morgan fingerprint density at radius 3 is 1.50 bits per heavy atom. The van der Waals surface area contributed by atoms with Crippen molar-refractivity contribution in [2.45, 2.75) is 66.2 Å². The van der Waals surface area contributed by atoms with Crippen LogP contribution in [-0.4, -0.2) is 4.57 Å². The molecule has 0 atom stereocenters. The largest absolute Gasteiger partial charge is 0.351 e. The molecule has 1 rings (SSSR count). The molecule has 0 bridgehead atoms. The maximum absolute atomic E-state index is 2.37. The van der Waals surface area contributed by atoms with Crippen molar-refractivity contribution in [3.05, 3.63) is 22.5 Å². The van der Waals surface area contributed by atoms with Crippen LogP contribution < -0.4 is 0 Å². The Hall–Kier alpha value is -0.720. The number of hydrogen-bond acceptors (Lipinski definition) is 0. The molecule has 0 aliphatic carbocycles. The second-order valence-corrected chi connectivity index (χ2v) is 6.99. The summed E-state index contributed by atoms with van der Waals surface area (Å²) in [6.45, 7) is 18.3. The van der Waals surface area contributed by atoms with Gasteiger partial charge in [-0.15, -0.1) is 0 Å². The Balaban J connectivity index is 3.66. The molecule has 0 radical (unpaired) electrons. The maximum atomic E-state index is 2.37. The maximum Gasteiger partial charge on any atom is 0.0268 e. The topological polar surface area (TPSA) is 4.93 Å². The van der Waals surface area contributed by atoms with E-state index in [2.05, 4.69) is 67.0 Å². The quantitative estimate of drug-likeness (QED) is 0.617. The second-order valence-electron chi connectivity index (χ2n) is 6.99. The van der Waals surface area contributed by atoms with Gasteiger partial charge >= 0.3 is 0 Å². The van der Waals surface area contributed by atoms with E-state index in [0.717, 1.165) is 0 Å². The van der Waals surface area contributed by atoms with Crippen molar-refractivity contribution in [2.75, 3.05) is 0 Å². The van der Waals surface area contributed by atoms with E-state index >= 15 is 0 Å². The van der Waals surface area contributed by atoms with Crippen molar-refractivity contribution < 1.29 is 0 Å². The number of rotatable bonds is 0. The summed E-state index contributed by atoms with van der Waals surface area (Å²) in [5.41, 5.74) is 6.29. The van der Waals surface area contributed by atoms with Gasteiger partial charge in [0, 0.05) is 23.9 Å². The van der Waals surface area contributed by atoms with Crippen LogP contribution in [-0.2, 0) is 17.9 Å². The highest BCUT2D eigenvalue weighted by Gasteiger charge is 2.31. The van der Waals surface area contributed by atoms with E-state index in [9.17, 15) is 0 Å². The van der Waals surface area contributed by atoms with Crippen LogP contribution >= 0.6 is 0 Å². The zero-order valence-corrected chi connectivity index (χ0v) is 12.4. The van der Waals surface area contributed by atoms with Crippen LogP contribution in [0.3, 0.4) is 0 Å². The second kappa shape index (κ2) is 3.65. The van der Waals surface area contributed by atoms with E-state index in [1.807, 2.05) is 0 Å². The van der Waals surface area contributed by atoms with Gasteiger partial charge in [-0.05, 0) is 30.4 Å². The smallest absolute Gasteiger partial charge is 0.0268 e. The minimum Gasteiger partial charge on any atom is -0.351 e. The number of nitrogens with zero attached hydrogens (tertiary/aromatic N) is 1. The van der Waals surface area contributed by atoms with E-state index in [1.54, 1.807) is 0 Å². The van der Waals surface area contributed by atoms with Gasteiger partial charge in [0.1, 0.15) is 0 Å². The standard InChI is InChI=1S/C15H27N/c1-10-11(2)16(9)13(15(6,7)8)12(10)14(3,4)5/h1-9H3. The summed E-state index contributed by atoms with van der Waals surface area (Å²) in [6.07, 6.45) is 0. The molecule has 0 aliphatic heterocycles. The molecule has 0 fully saturated rings. The molecule has 0 aliphatic rings. The molecule has 1 aromatic heterocycles. The average molecular weight is 221 g/mol. The molecule has 0 spiro atoms. The van der Waals surface area contributed by atoms with Crippen LogP contribution in [0.15, 0.2) is 0 Å². The Labute approximate surface area is 101 Å². The average Bonchev–Trinajstić information content (AvgIpc) is 2.27. The lowest BCUT2D eigenvalue weighted by atomic mass is 9.78. The summed E-state index contributed by atoms with van der Waals surface area (Å²) in [6, 6.07) is 0. The van der Waals surface area contributed by atoms with E-state index < -0.39 is 0 Å². The van der Waals surface area contributed by atoms with Gasteiger partial charge in [0.25, 0.3) is 0 Å². The first-order valence-corrected chi connectivity index (χ1v) is 6.14. The number of aromatic nitrogens is 1. The Kier molecular flexibility index (Phi) is 3.04. The van der Waals surface area contributed by atoms with Gasteiger partial charge in [-0.25, -0.2) is 0 Å². The van der Waals surface area contributed by atoms with Gasteiger partial charge < -0.3 is 4.57 Å². The Morgan fingerprint density at radius 1 is 0.812 bits per heavy atom. The third-order valence-electron chi connectivity index (χ3n) is 3.45. The first kappa shape index (κ1) is 13.3. The Bertz CT molecular complexity index is 357. The third-order valence-corrected chi connectivity index (χ3v) is 3.45. The predicted octanol–water partition coefficient (Wildman–Crippen LogP) is 4.24. The lowest BCUT2D eigenvalue weighted by Gasteiger charge is -2.29. The van der Waals surface area contributed by atoms with Crippen molar-refractivity contribution in [1.29, 1.82) is 0 Å². The van der Waals surface area contributed by atoms with Gasteiger partial charge in [0.05, 0.1) is 0 Å². The lowest BCUT2D eigenvalue weighted by molar-refractivity contribution is 0.499. The number of hydrogen-bond donors (Lipinski definition) is 0. The highest BCUT2D eigenvalue weighted by Crippen LogP contribution is 2.38. The minimum atomic E-state index is 0.205. The first-order valence-electron chi connectivity index (χ1n) is 6.14. The van der Waals surface area contributed by atoms with Crippen LogP contribution in [0.5, 0.6) is 0 Å². The first-order chi connectivity index (χ1) is 6.98. The van der Waals surface area contributed by atoms with Gasteiger partial charge in [0.2, 0.25) is 0 Å². The molecule has 92 valence electrons. The molecular weight excluding hydrogens is 194 g/mol. The summed E-state index contributed by atoms with van der Waals surface area (Å²) in [5, 5.41) is 0. The minimum absolute atomic E-state index is 0.205. The van der Waals surface area contributed by atoms with E-state index in [-0.39, 0.29) is 10.8 Å². The zero-order valence-electron chi connectivity index (χ0n) is 12.4. The summed E-state index contributed by atoms with van der Waals surface area (Å²) in [4.78, 5) is 0. The molecule has 1 heterocycles. The fraction of sp³-hybridized carbons (Fsp3) is 0.733. The van der Waals surface area contributed by atoms with Crippen LogP contribution in [0.1, 0.15) is 64.1 Å². The van der Waals surface area contributed by atoms with Crippen molar-refractivity contribution in [3.63, 3.8) is 0 Å². The predicted molar refractivity (Wildman–Crippen MR) is 72.3 cm³/mol. The third kappa shape index (κ3) is 2.05. The normalized spacial score (nSPS) is 13.3. The molecule has 1 aromatic rings. The fourth-order valence-electron chi connectivity index (χ4n) is 2.74. The van der Waals surface area contributed by atoms with Gasteiger partial charge in [-0.3, -0.25) is 0 Å². The summed E-state index contributed by atoms with van der Waals surface area (Å²) in [5.74, 6) is 0. The molecule has 1 heteroatoms. The van der Waals surface area contributed by atoms with Crippen molar-refractivity contribution >= 4 is 0 Å². The molecule has 0 aromatic carbocycles. The molecule has 0 amide bonds. The highest BCUT2D eigenvalue weighted by atomic mass is 15.0. The molecule has 0 N–H and O–H groups in total. The Morgan fingerprint density at radius 2 is 1.25 bits per heavy atom. The monoisotopic (exact) mass is 221 g/mol. The van der Waals surface area contributed by atoms with E-state index in [4.69, 9.17) is 0 Å². The molecular formula is C15H27N. The van der Waals surface area contributed by atoms with Crippen molar-refractivity contribution in [1.82, 2.24) is 4.57 Å². The van der Waals surface area contributed by atoms with E-state index in [1.165, 1.54) is 22.5 Å². The molecule has 1 nitrogen and oxygen atoms in total. The van der Waals surface area contributed by atoms with Crippen LogP contribution in [0, 0.1) is 13.8 Å². The molecule has 0 unspecified atom stereocenters. The van der Waals surface area contributed by atoms with Crippen LogP contribution in [0.2, 0.25) is 0 Å². The molecule has 0 saturated carbocycles. The van der Waals surface area contributed by atoms with Gasteiger partial charge in [0.15, 0.2) is 0 Å². The summed E-state index contributed by atoms with van der Waals surface area (Å²) >= 11 is 0. The van der Waals surface area contributed by atoms with Gasteiger partial charge in [-0.1, -0.05) is 41.5 Å². The summed E-state index contributed by atoms with van der Waals surface area (Å²) < 4.78 is 2.37. The van der Waals surface area contributed by atoms with Crippen LogP contribution in [0.25, 0.3) is 0 Å².